The molecule has 1 saturated heterocycles. The molecule has 0 aliphatic carbocycles. The van der Waals surface area contributed by atoms with Gasteiger partial charge in [0.2, 0.25) is 0 Å². The summed E-state index contributed by atoms with van der Waals surface area (Å²) in [6.07, 6.45) is 3.62. The molecule has 2 heterocycles. The largest absolute Gasteiger partial charge is 0.361 e. The summed E-state index contributed by atoms with van der Waals surface area (Å²) < 4.78 is 0. The van der Waals surface area contributed by atoms with E-state index in [1.54, 1.807) is 11.3 Å². The van der Waals surface area contributed by atoms with E-state index in [9.17, 15) is 0 Å². The molecule has 16 heavy (non-hydrogen) atoms. The molecule has 0 spiro atoms. The van der Waals surface area contributed by atoms with Crippen LogP contribution in [0.3, 0.4) is 0 Å². The van der Waals surface area contributed by atoms with Crippen molar-refractivity contribution in [2.24, 2.45) is 5.41 Å². The Balaban J connectivity index is 1.86. The first-order valence-electron chi connectivity index (χ1n) is 6.11. The molecule has 1 unspecified atom stereocenters. The van der Waals surface area contributed by atoms with Crippen LogP contribution in [0.4, 0.5) is 5.13 Å². The number of piperidine rings is 1. The van der Waals surface area contributed by atoms with Crippen LogP contribution in [0.15, 0.2) is 5.38 Å². The Labute approximate surface area is 102 Å². The van der Waals surface area contributed by atoms with Crippen molar-refractivity contribution >= 4 is 16.5 Å². The van der Waals surface area contributed by atoms with Crippen molar-refractivity contribution in [3.8, 4) is 0 Å². The first kappa shape index (κ1) is 11.9. The highest BCUT2D eigenvalue weighted by Crippen LogP contribution is 2.26. The summed E-state index contributed by atoms with van der Waals surface area (Å²) >= 11 is 1.72. The van der Waals surface area contributed by atoms with Crippen LogP contribution in [0.1, 0.15) is 32.4 Å². The van der Waals surface area contributed by atoms with Crippen molar-refractivity contribution in [1.29, 1.82) is 0 Å². The minimum Gasteiger partial charge on any atom is -0.361 e. The highest BCUT2D eigenvalue weighted by molar-refractivity contribution is 7.13. The van der Waals surface area contributed by atoms with Crippen LogP contribution in [-0.2, 0) is 6.42 Å². The number of hydrogen-bond donors (Lipinski definition) is 2. The first-order valence-corrected chi connectivity index (χ1v) is 6.99. The van der Waals surface area contributed by atoms with Gasteiger partial charge in [0, 0.05) is 18.5 Å². The molecule has 1 aromatic heterocycles. The van der Waals surface area contributed by atoms with Crippen molar-refractivity contribution in [3.63, 3.8) is 0 Å². The minimum atomic E-state index is 0.385. The van der Waals surface area contributed by atoms with E-state index in [2.05, 4.69) is 34.8 Å². The summed E-state index contributed by atoms with van der Waals surface area (Å²) in [5.41, 5.74) is 1.58. The Hall–Kier alpha value is -0.610. The van der Waals surface area contributed by atoms with Crippen LogP contribution in [0.25, 0.3) is 0 Å². The fraction of sp³-hybridized carbons (Fsp3) is 0.750. The van der Waals surface area contributed by atoms with Gasteiger partial charge >= 0.3 is 0 Å². The fourth-order valence-corrected chi connectivity index (χ4v) is 2.90. The molecule has 0 bridgehead atoms. The SMILES string of the molecule is CCc1csc(NCC2(C)CCCNC2)n1. The van der Waals surface area contributed by atoms with Crippen LogP contribution in [0, 0.1) is 5.41 Å². The van der Waals surface area contributed by atoms with Gasteiger partial charge in [0.25, 0.3) is 0 Å². The van der Waals surface area contributed by atoms with Gasteiger partial charge < -0.3 is 10.6 Å². The average molecular weight is 239 g/mol. The van der Waals surface area contributed by atoms with E-state index in [4.69, 9.17) is 0 Å². The lowest BCUT2D eigenvalue weighted by molar-refractivity contribution is 0.253. The van der Waals surface area contributed by atoms with Gasteiger partial charge in [-0.25, -0.2) is 4.98 Å². The normalized spacial score (nSPS) is 25.6. The van der Waals surface area contributed by atoms with E-state index in [1.165, 1.54) is 25.1 Å². The van der Waals surface area contributed by atoms with Crippen LogP contribution in [-0.4, -0.2) is 24.6 Å². The monoisotopic (exact) mass is 239 g/mol. The van der Waals surface area contributed by atoms with E-state index < -0.39 is 0 Å². The number of nitrogens with zero attached hydrogens (tertiary/aromatic N) is 1. The molecule has 0 saturated carbocycles. The van der Waals surface area contributed by atoms with Crippen molar-refractivity contribution in [3.05, 3.63) is 11.1 Å². The molecule has 1 aliphatic rings. The number of nitrogens with one attached hydrogen (secondary N) is 2. The van der Waals surface area contributed by atoms with Crippen molar-refractivity contribution in [2.45, 2.75) is 33.1 Å². The van der Waals surface area contributed by atoms with Crippen LogP contribution in [0.5, 0.6) is 0 Å². The van der Waals surface area contributed by atoms with Gasteiger partial charge in [-0.15, -0.1) is 11.3 Å². The van der Waals surface area contributed by atoms with Gasteiger partial charge in [-0.2, -0.15) is 0 Å². The molecular formula is C12H21N3S. The standard InChI is InChI=1S/C12H21N3S/c1-3-10-7-16-11(15-10)14-9-12(2)5-4-6-13-8-12/h7,13H,3-6,8-9H2,1-2H3,(H,14,15). The molecule has 0 aromatic carbocycles. The number of aryl methyl sites for hydroxylation is 1. The third-order valence-corrected chi connectivity index (χ3v) is 4.11. The van der Waals surface area contributed by atoms with E-state index in [0.29, 0.717) is 5.41 Å². The average Bonchev–Trinajstić information content (AvgIpc) is 2.75. The van der Waals surface area contributed by atoms with Crippen molar-refractivity contribution in [2.75, 3.05) is 25.0 Å². The van der Waals surface area contributed by atoms with Crippen LogP contribution >= 0.6 is 11.3 Å². The van der Waals surface area contributed by atoms with Crippen LogP contribution < -0.4 is 10.6 Å². The molecule has 1 atom stereocenters. The lowest BCUT2D eigenvalue weighted by atomic mass is 9.83. The van der Waals surface area contributed by atoms with Gasteiger partial charge in [0.15, 0.2) is 5.13 Å². The second-order valence-electron chi connectivity index (χ2n) is 4.94. The molecule has 1 aliphatic heterocycles. The molecular weight excluding hydrogens is 218 g/mol. The Morgan fingerprint density at radius 2 is 2.50 bits per heavy atom. The van der Waals surface area contributed by atoms with Crippen molar-refractivity contribution in [1.82, 2.24) is 10.3 Å². The molecule has 2 N–H and O–H groups in total. The summed E-state index contributed by atoms with van der Waals surface area (Å²) in [6.45, 7) is 7.81. The van der Waals surface area contributed by atoms with E-state index >= 15 is 0 Å². The maximum absolute atomic E-state index is 4.53. The third kappa shape index (κ3) is 2.95. The second-order valence-corrected chi connectivity index (χ2v) is 5.80. The van der Waals surface area contributed by atoms with E-state index in [0.717, 1.165) is 24.6 Å². The number of aromatic nitrogens is 1. The number of hydrogen-bond acceptors (Lipinski definition) is 4. The summed E-state index contributed by atoms with van der Waals surface area (Å²) in [4.78, 5) is 4.53. The lowest BCUT2D eigenvalue weighted by Crippen LogP contribution is -2.42. The molecule has 1 aromatic rings. The van der Waals surface area contributed by atoms with Crippen LogP contribution in [0.2, 0.25) is 0 Å². The Bertz CT molecular complexity index is 329. The predicted octanol–water partition coefficient (Wildman–Crippen LogP) is 2.51. The molecule has 0 amide bonds. The zero-order valence-corrected chi connectivity index (χ0v) is 11.0. The molecule has 4 heteroatoms. The maximum Gasteiger partial charge on any atom is 0.182 e. The molecule has 2 rings (SSSR count). The first-order chi connectivity index (χ1) is 7.72. The summed E-state index contributed by atoms with van der Waals surface area (Å²) in [5.74, 6) is 0. The molecule has 90 valence electrons. The Morgan fingerprint density at radius 3 is 3.12 bits per heavy atom. The Kier molecular flexibility index (Phi) is 3.82. The number of thiazole rings is 1. The molecule has 1 fully saturated rings. The van der Waals surface area contributed by atoms with E-state index in [-0.39, 0.29) is 0 Å². The number of rotatable bonds is 4. The number of anilines is 1. The second kappa shape index (κ2) is 5.15. The smallest absolute Gasteiger partial charge is 0.182 e. The third-order valence-electron chi connectivity index (χ3n) is 3.27. The summed E-state index contributed by atoms with van der Waals surface area (Å²) in [7, 11) is 0. The maximum atomic E-state index is 4.53. The Morgan fingerprint density at radius 1 is 1.62 bits per heavy atom. The zero-order valence-electron chi connectivity index (χ0n) is 10.2. The highest BCUT2D eigenvalue weighted by Gasteiger charge is 2.26. The summed E-state index contributed by atoms with van der Waals surface area (Å²) in [6, 6.07) is 0. The van der Waals surface area contributed by atoms with Gasteiger partial charge in [0.05, 0.1) is 5.69 Å². The predicted molar refractivity (Wildman–Crippen MR) is 70.2 cm³/mol. The highest BCUT2D eigenvalue weighted by atomic mass is 32.1. The topological polar surface area (TPSA) is 37.0 Å². The minimum absolute atomic E-state index is 0.385. The molecule has 0 radical (unpaired) electrons. The molecule has 3 nitrogen and oxygen atoms in total. The van der Waals surface area contributed by atoms with E-state index in [1.807, 2.05) is 0 Å². The van der Waals surface area contributed by atoms with Gasteiger partial charge in [0.1, 0.15) is 0 Å². The van der Waals surface area contributed by atoms with Crippen molar-refractivity contribution < 1.29 is 0 Å². The van der Waals surface area contributed by atoms with Gasteiger partial charge in [-0.05, 0) is 31.2 Å². The quantitative estimate of drug-likeness (QED) is 0.847. The lowest BCUT2D eigenvalue weighted by Gasteiger charge is -2.34. The summed E-state index contributed by atoms with van der Waals surface area (Å²) in [5, 5.41) is 10.2. The fourth-order valence-electron chi connectivity index (χ4n) is 2.11. The van der Waals surface area contributed by atoms with Gasteiger partial charge in [-0.1, -0.05) is 13.8 Å². The zero-order chi connectivity index (χ0) is 11.4. The van der Waals surface area contributed by atoms with Gasteiger partial charge in [-0.3, -0.25) is 0 Å².